The molecule has 1 aliphatic heterocycles. The molecule has 1 fully saturated rings. The van der Waals surface area contributed by atoms with E-state index in [0.29, 0.717) is 5.75 Å². The number of nitrogens with one attached hydrogen (secondary N) is 1. The predicted octanol–water partition coefficient (Wildman–Crippen LogP) is 3.19. The van der Waals surface area contributed by atoms with Crippen molar-refractivity contribution in [2.45, 2.75) is 6.54 Å². The summed E-state index contributed by atoms with van der Waals surface area (Å²) in [4.78, 5) is 7.39. The highest BCUT2D eigenvalue weighted by Gasteiger charge is 2.19. The summed E-state index contributed by atoms with van der Waals surface area (Å²) in [5.41, 5.74) is 4.12. The van der Waals surface area contributed by atoms with Crippen LogP contribution in [0.4, 0.5) is 0 Å². The monoisotopic (exact) mass is 430 g/mol. The van der Waals surface area contributed by atoms with Crippen LogP contribution in [0.15, 0.2) is 41.0 Å². The first-order valence-electron chi connectivity index (χ1n) is 9.01. The lowest BCUT2D eigenvalue weighted by molar-refractivity contribution is 0.230. The molecule has 0 spiro atoms. The molecule has 27 heavy (non-hydrogen) atoms. The maximum atomic E-state index is 5.50. The molecule has 0 bridgehead atoms. The Morgan fingerprint density at radius 1 is 1.07 bits per heavy atom. The van der Waals surface area contributed by atoms with Crippen LogP contribution in [0.1, 0.15) is 5.69 Å². The zero-order valence-corrected chi connectivity index (χ0v) is 17.1. The van der Waals surface area contributed by atoms with Crippen molar-refractivity contribution in [1.29, 1.82) is 0 Å². The third-order valence-electron chi connectivity index (χ3n) is 4.92. The Balaban J connectivity index is 1.82. The largest absolute Gasteiger partial charge is 0.493 e. The fraction of sp³-hybridized carbons (Fsp3) is 0.350. The van der Waals surface area contributed by atoms with Crippen molar-refractivity contribution in [2.24, 2.45) is 0 Å². The fourth-order valence-corrected chi connectivity index (χ4v) is 3.85. The van der Waals surface area contributed by atoms with Gasteiger partial charge in [0.15, 0.2) is 11.5 Å². The summed E-state index contributed by atoms with van der Waals surface area (Å²) in [5, 5.41) is 3.41. The topological polar surface area (TPSA) is 51.0 Å². The summed E-state index contributed by atoms with van der Waals surface area (Å²) in [5.74, 6) is 1.43. The SMILES string of the molecule is COc1ccc(-c2nc3ccc(Br)cn3c2CN2CCNCC2)cc1OC. The molecule has 4 rings (SSSR count). The lowest BCUT2D eigenvalue weighted by Gasteiger charge is -2.27. The van der Waals surface area contributed by atoms with E-state index in [0.717, 1.165) is 59.9 Å². The van der Waals surface area contributed by atoms with E-state index in [1.54, 1.807) is 14.2 Å². The zero-order chi connectivity index (χ0) is 18.8. The number of methoxy groups -OCH3 is 2. The molecule has 142 valence electrons. The average Bonchev–Trinajstić information content (AvgIpc) is 3.06. The molecule has 0 aliphatic carbocycles. The zero-order valence-electron chi connectivity index (χ0n) is 15.5. The Hall–Kier alpha value is -2.09. The van der Waals surface area contributed by atoms with E-state index in [1.165, 1.54) is 5.69 Å². The van der Waals surface area contributed by atoms with Gasteiger partial charge in [-0.15, -0.1) is 0 Å². The Morgan fingerprint density at radius 2 is 1.85 bits per heavy atom. The molecule has 3 aromatic rings. The van der Waals surface area contributed by atoms with Crippen LogP contribution in [-0.2, 0) is 6.54 Å². The van der Waals surface area contributed by atoms with Crippen LogP contribution in [0.3, 0.4) is 0 Å². The number of piperazine rings is 1. The molecular weight excluding hydrogens is 408 g/mol. The number of rotatable bonds is 5. The van der Waals surface area contributed by atoms with Crippen LogP contribution in [0.2, 0.25) is 0 Å². The maximum Gasteiger partial charge on any atom is 0.161 e. The minimum absolute atomic E-state index is 0.710. The Kier molecular flexibility index (Phi) is 5.33. The quantitative estimate of drug-likeness (QED) is 0.673. The van der Waals surface area contributed by atoms with Gasteiger partial charge in [0.1, 0.15) is 5.65 Å². The average molecular weight is 431 g/mol. The van der Waals surface area contributed by atoms with Crippen LogP contribution < -0.4 is 14.8 Å². The number of nitrogens with zero attached hydrogens (tertiary/aromatic N) is 3. The van der Waals surface area contributed by atoms with Gasteiger partial charge in [0.2, 0.25) is 0 Å². The van der Waals surface area contributed by atoms with Gasteiger partial charge in [0.05, 0.1) is 25.6 Å². The minimum Gasteiger partial charge on any atom is -0.493 e. The molecule has 1 saturated heterocycles. The van der Waals surface area contributed by atoms with Crippen LogP contribution in [0.25, 0.3) is 16.9 Å². The number of ether oxygens (including phenoxy) is 2. The summed E-state index contributed by atoms with van der Waals surface area (Å²) in [6.45, 7) is 4.96. The van der Waals surface area contributed by atoms with E-state index in [1.807, 2.05) is 30.3 Å². The molecule has 1 N–H and O–H groups in total. The summed E-state index contributed by atoms with van der Waals surface area (Å²) >= 11 is 3.59. The van der Waals surface area contributed by atoms with Gasteiger partial charge in [0.25, 0.3) is 0 Å². The first-order valence-corrected chi connectivity index (χ1v) is 9.81. The third-order valence-corrected chi connectivity index (χ3v) is 5.39. The number of aromatic nitrogens is 2. The van der Waals surface area contributed by atoms with Crippen molar-refractivity contribution < 1.29 is 9.47 Å². The highest BCUT2D eigenvalue weighted by molar-refractivity contribution is 9.10. The van der Waals surface area contributed by atoms with Crippen LogP contribution in [0, 0.1) is 0 Å². The normalized spacial score (nSPS) is 15.2. The first kappa shape index (κ1) is 18.3. The Bertz CT molecular complexity index is 951. The lowest BCUT2D eigenvalue weighted by atomic mass is 10.1. The molecule has 0 amide bonds. The first-order chi connectivity index (χ1) is 13.2. The number of pyridine rings is 1. The van der Waals surface area contributed by atoms with Gasteiger partial charge in [-0.1, -0.05) is 0 Å². The second-order valence-corrected chi connectivity index (χ2v) is 7.49. The van der Waals surface area contributed by atoms with Gasteiger partial charge < -0.3 is 19.2 Å². The van der Waals surface area contributed by atoms with Crippen LogP contribution in [-0.4, -0.2) is 54.7 Å². The van der Waals surface area contributed by atoms with E-state index in [4.69, 9.17) is 14.5 Å². The Morgan fingerprint density at radius 3 is 2.59 bits per heavy atom. The summed E-state index contributed by atoms with van der Waals surface area (Å²) < 4.78 is 14.1. The second-order valence-electron chi connectivity index (χ2n) is 6.58. The van der Waals surface area contributed by atoms with Crippen molar-refractivity contribution in [3.63, 3.8) is 0 Å². The molecule has 1 aliphatic rings. The standard InChI is InChI=1S/C20H23BrN4O2/c1-26-17-5-3-14(11-18(17)27-2)20-16(13-24-9-7-22-8-10-24)25-12-15(21)4-6-19(25)23-20/h3-6,11-12,22H,7-10,13H2,1-2H3. The van der Waals surface area contributed by atoms with Crippen molar-refractivity contribution >= 4 is 21.6 Å². The molecule has 0 saturated carbocycles. The minimum atomic E-state index is 0.710. The van der Waals surface area contributed by atoms with E-state index >= 15 is 0 Å². The summed E-state index contributed by atoms with van der Waals surface area (Å²) in [7, 11) is 3.31. The third kappa shape index (κ3) is 3.67. The second kappa shape index (κ2) is 7.88. The van der Waals surface area contributed by atoms with Crippen molar-refractivity contribution in [3.8, 4) is 22.8 Å². The molecule has 6 nitrogen and oxygen atoms in total. The van der Waals surface area contributed by atoms with Crippen molar-refractivity contribution in [2.75, 3.05) is 40.4 Å². The van der Waals surface area contributed by atoms with Gasteiger partial charge in [-0.25, -0.2) is 4.98 Å². The number of imidazole rings is 1. The van der Waals surface area contributed by atoms with E-state index in [2.05, 4.69) is 36.7 Å². The summed E-state index contributed by atoms with van der Waals surface area (Å²) in [6.07, 6.45) is 2.09. The van der Waals surface area contributed by atoms with Gasteiger partial charge in [-0.05, 0) is 46.3 Å². The van der Waals surface area contributed by atoms with Gasteiger partial charge in [-0.2, -0.15) is 0 Å². The number of hydrogen-bond donors (Lipinski definition) is 1. The molecule has 0 atom stereocenters. The van der Waals surface area contributed by atoms with Gasteiger partial charge >= 0.3 is 0 Å². The number of halogens is 1. The number of fused-ring (bicyclic) bond motifs is 1. The molecule has 2 aromatic heterocycles. The lowest BCUT2D eigenvalue weighted by Crippen LogP contribution is -2.43. The fourth-order valence-electron chi connectivity index (χ4n) is 3.51. The van der Waals surface area contributed by atoms with E-state index in [9.17, 15) is 0 Å². The van der Waals surface area contributed by atoms with Crippen molar-refractivity contribution in [1.82, 2.24) is 19.6 Å². The number of hydrogen-bond acceptors (Lipinski definition) is 5. The highest BCUT2D eigenvalue weighted by atomic mass is 79.9. The molecule has 7 heteroatoms. The molecule has 0 radical (unpaired) electrons. The number of benzene rings is 1. The molecule has 1 aromatic carbocycles. The molecule has 3 heterocycles. The van der Waals surface area contributed by atoms with E-state index in [-0.39, 0.29) is 0 Å². The van der Waals surface area contributed by atoms with Crippen LogP contribution in [0.5, 0.6) is 11.5 Å². The summed E-state index contributed by atoms with van der Waals surface area (Å²) in [6, 6.07) is 10.0. The molecular formula is C20H23BrN4O2. The van der Waals surface area contributed by atoms with E-state index < -0.39 is 0 Å². The Labute approximate surface area is 167 Å². The molecule has 0 unspecified atom stereocenters. The maximum absolute atomic E-state index is 5.50. The van der Waals surface area contributed by atoms with Gasteiger partial charge in [0, 0.05) is 49.0 Å². The highest BCUT2D eigenvalue weighted by Crippen LogP contribution is 2.34. The van der Waals surface area contributed by atoms with Gasteiger partial charge in [-0.3, -0.25) is 4.90 Å². The predicted molar refractivity (Wildman–Crippen MR) is 110 cm³/mol. The van der Waals surface area contributed by atoms with Crippen LogP contribution >= 0.6 is 15.9 Å². The smallest absolute Gasteiger partial charge is 0.161 e. The van der Waals surface area contributed by atoms with Crippen molar-refractivity contribution in [3.05, 3.63) is 46.7 Å².